The van der Waals surface area contributed by atoms with Crippen LogP contribution in [0.15, 0.2) is 39.5 Å². The SMILES string of the molecule is Cc1cc(Br)cc(C(=O)O)c1OCc1cncc(Br)c1. The van der Waals surface area contributed by atoms with Gasteiger partial charge in [0.1, 0.15) is 17.9 Å². The van der Waals surface area contributed by atoms with Crippen LogP contribution in [0.2, 0.25) is 0 Å². The summed E-state index contributed by atoms with van der Waals surface area (Å²) in [4.78, 5) is 15.3. The van der Waals surface area contributed by atoms with Gasteiger partial charge in [0.2, 0.25) is 0 Å². The fourth-order valence-corrected chi connectivity index (χ4v) is 2.76. The average Bonchev–Trinajstić information content (AvgIpc) is 2.36. The number of pyridine rings is 1. The summed E-state index contributed by atoms with van der Waals surface area (Å²) in [7, 11) is 0. The van der Waals surface area contributed by atoms with Crippen molar-refractivity contribution in [2.45, 2.75) is 13.5 Å². The van der Waals surface area contributed by atoms with Crippen LogP contribution in [0.5, 0.6) is 5.75 Å². The summed E-state index contributed by atoms with van der Waals surface area (Å²) in [5, 5.41) is 9.24. The zero-order valence-corrected chi connectivity index (χ0v) is 13.7. The third-order valence-electron chi connectivity index (χ3n) is 2.61. The minimum atomic E-state index is -1.02. The molecule has 1 N–H and O–H groups in total. The standard InChI is InChI=1S/C14H11Br2NO3/c1-8-2-10(15)4-12(14(18)19)13(8)20-7-9-3-11(16)6-17-5-9/h2-6H,7H2,1H3,(H,18,19). The van der Waals surface area contributed by atoms with Gasteiger partial charge in [0.05, 0.1) is 0 Å². The zero-order valence-electron chi connectivity index (χ0n) is 10.6. The summed E-state index contributed by atoms with van der Waals surface area (Å²) in [5.74, 6) is -0.641. The molecule has 6 heteroatoms. The molecule has 0 radical (unpaired) electrons. The molecule has 20 heavy (non-hydrogen) atoms. The first-order chi connectivity index (χ1) is 9.47. The average molecular weight is 401 g/mol. The Kier molecular flexibility index (Phi) is 4.77. The highest BCUT2D eigenvalue weighted by atomic mass is 79.9. The predicted molar refractivity (Wildman–Crippen MR) is 82.1 cm³/mol. The zero-order chi connectivity index (χ0) is 14.7. The van der Waals surface area contributed by atoms with Gasteiger partial charge in [-0.05, 0) is 46.6 Å². The van der Waals surface area contributed by atoms with E-state index in [1.165, 1.54) is 6.07 Å². The van der Waals surface area contributed by atoms with Crippen molar-refractivity contribution in [3.63, 3.8) is 0 Å². The highest BCUT2D eigenvalue weighted by Gasteiger charge is 2.15. The van der Waals surface area contributed by atoms with Crippen LogP contribution in [0.4, 0.5) is 0 Å². The van der Waals surface area contributed by atoms with E-state index in [0.29, 0.717) is 10.2 Å². The molecule has 0 bridgehead atoms. The summed E-state index contributed by atoms with van der Waals surface area (Å²) in [6, 6.07) is 5.23. The summed E-state index contributed by atoms with van der Waals surface area (Å²) in [6.07, 6.45) is 3.36. The van der Waals surface area contributed by atoms with Gasteiger partial charge in [0.25, 0.3) is 0 Å². The van der Waals surface area contributed by atoms with E-state index in [9.17, 15) is 9.90 Å². The van der Waals surface area contributed by atoms with Crippen LogP contribution in [0, 0.1) is 6.92 Å². The molecule has 0 spiro atoms. The Hall–Kier alpha value is -1.40. The Balaban J connectivity index is 2.27. The molecule has 0 unspecified atom stereocenters. The first-order valence-corrected chi connectivity index (χ1v) is 7.31. The van der Waals surface area contributed by atoms with Gasteiger partial charge in [-0.2, -0.15) is 0 Å². The van der Waals surface area contributed by atoms with Crippen molar-refractivity contribution < 1.29 is 14.6 Å². The quantitative estimate of drug-likeness (QED) is 0.835. The minimum absolute atomic E-state index is 0.139. The maximum atomic E-state index is 11.3. The molecule has 0 atom stereocenters. The summed E-state index contributed by atoms with van der Waals surface area (Å²) in [6.45, 7) is 2.07. The molecule has 0 aliphatic heterocycles. The van der Waals surface area contributed by atoms with Crippen molar-refractivity contribution in [3.05, 3.63) is 56.2 Å². The number of halogens is 2. The van der Waals surface area contributed by atoms with E-state index in [0.717, 1.165) is 15.6 Å². The van der Waals surface area contributed by atoms with E-state index in [2.05, 4.69) is 36.8 Å². The van der Waals surface area contributed by atoms with Gasteiger partial charge in [-0.1, -0.05) is 15.9 Å². The monoisotopic (exact) mass is 399 g/mol. The molecule has 0 saturated carbocycles. The maximum Gasteiger partial charge on any atom is 0.339 e. The van der Waals surface area contributed by atoms with Crippen molar-refractivity contribution in [3.8, 4) is 5.75 Å². The number of carboxylic acids is 1. The lowest BCUT2D eigenvalue weighted by molar-refractivity contribution is 0.0691. The number of carbonyl (C=O) groups is 1. The second kappa shape index (κ2) is 6.37. The predicted octanol–water partition coefficient (Wildman–Crippen LogP) is 4.19. The minimum Gasteiger partial charge on any atom is -0.488 e. The molecule has 1 heterocycles. The normalized spacial score (nSPS) is 10.3. The Morgan fingerprint density at radius 2 is 2.00 bits per heavy atom. The fourth-order valence-electron chi connectivity index (χ4n) is 1.77. The molecule has 0 amide bonds. The van der Waals surface area contributed by atoms with Crippen LogP contribution in [0.3, 0.4) is 0 Å². The van der Waals surface area contributed by atoms with Crippen LogP contribution in [-0.4, -0.2) is 16.1 Å². The van der Waals surface area contributed by atoms with Gasteiger partial charge in [0, 0.05) is 26.9 Å². The van der Waals surface area contributed by atoms with E-state index in [1.807, 2.05) is 19.1 Å². The van der Waals surface area contributed by atoms with E-state index >= 15 is 0 Å². The number of nitrogens with zero attached hydrogens (tertiary/aromatic N) is 1. The van der Waals surface area contributed by atoms with Gasteiger partial charge in [-0.25, -0.2) is 4.79 Å². The molecular weight excluding hydrogens is 390 g/mol. The molecule has 0 saturated heterocycles. The molecule has 104 valence electrons. The van der Waals surface area contributed by atoms with Crippen molar-refractivity contribution >= 4 is 37.8 Å². The third kappa shape index (κ3) is 3.58. The summed E-state index contributed by atoms with van der Waals surface area (Å²) >= 11 is 6.62. The highest BCUT2D eigenvalue weighted by Crippen LogP contribution is 2.29. The number of hydrogen-bond donors (Lipinski definition) is 1. The van der Waals surface area contributed by atoms with Crippen LogP contribution in [0.1, 0.15) is 21.5 Å². The number of aromatic carboxylic acids is 1. The van der Waals surface area contributed by atoms with E-state index < -0.39 is 5.97 Å². The summed E-state index contributed by atoms with van der Waals surface area (Å²) < 4.78 is 7.23. The number of ether oxygens (including phenoxy) is 1. The van der Waals surface area contributed by atoms with Gasteiger partial charge >= 0.3 is 5.97 Å². The lowest BCUT2D eigenvalue weighted by atomic mass is 10.1. The number of carboxylic acid groups (broad SMARTS) is 1. The molecule has 0 fully saturated rings. The number of rotatable bonds is 4. The van der Waals surface area contributed by atoms with E-state index in [4.69, 9.17) is 4.74 Å². The first kappa shape index (κ1) is 15.0. The van der Waals surface area contributed by atoms with Crippen molar-refractivity contribution in [1.82, 2.24) is 4.98 Å². The largest absolute Gasteiger partial charge is 0.488 e. The van der Waals surface area contributed by atoms with E-state index in [-0.39, 0.29) is 12.2 Å². The summed E-state index contributed by atoms with van der Waals surface area (Å²) in [5.41, 5.74) is 1.76. The van der Waals surface area contributed by atoms with Crippen molar-refractivity contribution in [2.75, 3.05) is 0 Å². The fraction of sp³-hybridized carbons (Fsp3) is 0.143. The van der Waals surface area contributed by atoms with Gasteiger partial charge in [-0.15, -0.1) is 0 Å². The molecule has 1 aromatic heterocycles. The van der Waals surface area contributed by atoms with Gasteiger partial charge in [-0.3, -0.25) is 4.98 Å². The van der Waals surface area contributed by atoms with Crippen LogP contribution in [-0.2, 0) is 6.61 Å². The van der Waals surface area contributed by atoms with Crippen LogP contribution >= 0.6 is 31.9 Å². The molecule has 1 aromatic carbocycles. The smallest absolute Gasteiger partial charge is 0.339 e. The second-order valence-electron chi connectivity index (χ2n) is 4.20. The molecule has 0 aliphatic carbocycles. The molecule has 4 nitrogen and oxygen atoms in total. The first-order valence-electron chi connectivity index (χ1n) is 5.73. The van der Waals surface area contributed by atoms with E-state index in [1.54, 1.807) is 12.4 Å². The maximum absolute atomic E-state index is 11.3. The Morgan fingerprint density at radius 1 is 1.25 bits per heavy atom. The topological polar surface area (TPSA) is 59.4 Å². The molecule has 0 aliphatic rings. The molecular formula is C14H11Br2NO3. The third-order valence-corrected chi connectivity index (χ3v) is 3.51. The number of benzene rings is 1. The highest BCUT2D eigenvalue weighted by molar-refractivity contribution is 9.10. The Morgan fingerprint density at radius 3 is 2.65 bits per heavy atom. The number of hydrogen-bond acceptors (Lipinski definition) is 3. The lowest BCUT2D eigenvalue weighted by Crippen LogP contribution is -2.05. The molecule has 2 rings (SSSR count). The van der Waals surface area contributed by atoms with Gasteiger partial charge in [0.15, 0.2) is 0 Å². The lowest BCUT2D eigenvalue weighted by Gasteiger charge is -2.12. The van der Waals surface area contributed by atoms with Crippen LogP contribution in [0.25, 0.3) is 0 Å². The number of aromatic nitrogens is 1. The van der Waals surface area contributed by atoms with Gasteiger partial charge < -0.3 is 9.84 Å². The van der Waals surface area contributed by atoms with Crippen LogP contribution < -0.4 is 4.74 Å². The Bertz CT molecular complexity index is 659. The number of aryl methyl sites for hydroxylation is 1. The van der Waals surface area contributed by atoms with Crippen molar-refractivity contribution in [1.29, 1.82) is 0 Å². The second-order valence-corrected chi connectivity index (χ2v) is 6.04. The Labute approximate surface area is 133 Å². The van der Waals surface area contributed by atoms with Crippen molar-refractivity contribution in [2.24, 2.45) is 0 Å². The molecule has 2 aromatic rings.